The van der Waals surface area contributed by atoms with Gasteiger partial charge in [0.2, 0.25) is 0 Å². The molecule has 0 unspecified atom stereocenters. The number of hydrogen-bond donors (Lipinski definition) is 0. The van der Waals surface area contributed by atoms with Crippen molar-refractivity contribution in [1.29, 1.82) is 0 Å². The fraction of sp³-hybridized carbons (Fsp3) is 0.303. The Kier molecular flexibility index (Phi) is 7.39. The molecule has 1 aromatic carbocycles. The second kappa shape index (κ2) is 11.1. The zero-order valence-corrected chi connectivity index (χ0v) is 25.7. The van der Waals surface area contributed by atoms with Crippen LogP contribution in [-0.2, 0) is 19.0 Å². The lowest BCUT2D eigenvalue weighted by atomic mass is 9.88. The van der Waals surface area contributed by atoms with Crippen LogP contribution in [0.3, 0.4) is 0 Å². The topological polar surface area (TPSA) is 90.3 Å². The molecule has 6 rings (SSSR count). The first-order chi connectivity index (χ1) is 20.6. The monoisotopic (exact) mass is 613 g/mol. The summed E-state index contributed by atoms with van der Waals surface area (Å²) in [6.07, 6.45) is 6.40. The van der Waals surface area contributed by atoms with Gasteiger partial charge < -0.3 is 19.1 Å². The minimum Gasteiger partial charge on any atom is -0.456 e. The van der Waals surface area contributed by atoms with Crippen LogP contribution < -0.4 is 0 Å². The summed E-state index contributed by atoms with van der Waals surface area (Å²) in [6, 6.07) is 7.39. The van der Waals surface area contributed by atoms with Gasteiger partial charge in [-0.05, 0) is 58.4 Å². The molecule has 0 saturated carbocycles. The van der Waals surface area contributed by atoms with Crippen LogP contribution in [0.5, 0.6) is 0 Å². The highest BCUT2D eigenvalue weighted by Gasteiger charge is 2.44. The Bertz CT molecular complexity index is 1860. The highest BCUT2D eigenvalue weighted by Crippen LogP contribution is 2.44. The number of halogens is 1. The van der Waals surface area contributed by atoms with E-state index in [-0.39, 0.29) is 6.54 Å². The number of carbonyl (C=O) groups is 1. The molecule has 0 bridgehead atoms. The van der Waals surface area contributed by atoms with Gasteiger partial charge in [0, 0.05) is 51.0 Å². The van der Waals surface area contributed by atoms with E-state index in [0.717, 1.165) is 32.7 Å². The number of nitrogens with zero attached hydrogens (tertiary/aromatic N) is 3. The lowest BCUT2D eigenvalue weighted by Crippen LogP contribution is -2.40. The van der Waals surface area contributed by atoms with Crippen molar-refractivity contribution in [3.63, 3.8) is 0 Å². The van der Waals surface area contributed by atoms with Crippen molar-refractivity contribution in [2.24, 2.45) is 4.99 Å². The fourth-order valence-corrected chi connectivity index (χ4v) is 6.57. The minimum absolute atomic E-state index is 0.221. The van der Waals surface area contributed by atoms with Gasteiger partial charge in [0.15, 0.2) is 5.94 Å². The van der Waals surface area contributed by atoms with E-state index < -0.39 is 17.4 Å². The molecule has 4 heterocycles. The van der Waals surface area contributed by atoms with Gasteiger partial charge in [-0.3, -0.25) is 4.98 Å². The van der Waals surface area contributed by atoms with Gasteiger partial charge in [-0.1, -0.05) is 23.4 Å². The summed E-state index contributed by atoms with van der Waals surface area (Å²) in [4.78, 5) is 36.2. The van der Waals surface area contributed by atoms with Crippen molar-refractivity contribution in [3.05, 3.63) is 81.5 Å². The van der Waals surface area contributed by atoms with Gasteiger partial charge in [-0.15, -0.1) is 11.3 Å². The van der Waals surface area contributed by atoms with Gasteiger partial charge in [0.05, 0.1) is 28.7 Å². The van der Waals surface area contributed by atoms with Crippen molar-refractivity contribution in [3.8, 4) is 23.0 Å². The fourth-order valence-electron chi connectivity index (χ4n) is 5.37. The molecular weight excluding hydrogens is 586 g/mol. The average Bonchev–Trinajstić information content (AvgIpc) is 3.61. The summed E-state index contributed by atoms with van der Waals surface area (Å²) in [5.41, 5.74) is 4.78. The van der Waals surface area contributed by atoms with E-state index in [4.69, 9.17) is 30.8 Å². The number of allylic oxidation sites excluding steroid dienone is 2. The number of thiophene rings is 1. The average molecular weight is 614 g/mol. The largest absolute Gasteiger partial charge is 0.456 e. The lowest BCUT2D eigenvalue weighted by molar-refractivity contribution is -0.148. The number of rotatable bonds is 3. The van der Waals surface area contributed by atoms with Crippen LogP contribution >= 0.6 is 22.9 Å². The van der Waals surface area contributed by atoms with Crippen LogP contribution in [0, 0.1) is 11.8 Å². The third-order valence-corrected chi connectivity index (χ3v) is 8.54. The van der Waals surface area contributed by atoms with Gasteiger partial charge in [0.25, 0.3) is 5.79 Å². The normalized spacial score (nSPS) is 17.1. The van der Waals surface area contributed by atoms with Crippen LogP contribution in [-0.4, -0.2) is 45.6 Å². The number of benzene rings is 1. The Hall–Kier alpha value is -4.35. The number of amidine groups is 1. The molecule has 0 atom stereocenters. The van der Waals surface area contributed by atoms with E-state index in [1.54, 1.807) is 22.5 Å². The molecule has 0 N–H and O–H groups in total. The third kappa shape index (κ3) is 5.57. The van der Waals surface area contributed by atoms with E-state index in [1.807, 2.05) is 45.9 Å². The van der Waals surface area contributed by atoms with Crippen LogP contribution in [0.15, 0.2) is 70.3 Å². The predicted molar refractivity (Wildman–Crippen MR) is 166 cm³/mol. The molecule has 0 saturated heterocycles. The minimum atomic E-state index is -0.807. The number of ether oxygens (including phenoxy) is 3. The Morgan fingerprint density at radius 3 is 2.74 bits per heavy atom. The molecule has 0 amide bonds. The molecule has 218 valence electrons. The van der Waals surface area contributed by atoms with Crippen LogP contribution in [0.25, 0.3) is 21.3 Å². The molecule has 8 nitrogen and oxygen atoms in total. The zero-order valence-electron chi connectivity index (χ0n) is 24.1. The molecule has 3 aromatic rings. The number of esters is 1. The van der Waals surface area contributed by atoms with Gasteiger partial charge in [0.1, 0.15) is 29.7 Å². The Labute approximate surface area is 258 Å². The van der Waals surface area contributed by atoms with Crippen molar-refractivity contribution >= 4 is 50.9 Å². The highest BCUT2D eigenvalue weighted by atomic mass is 35.5. The van der Waals surface area contributed by atoms with Crippen LogP contribution in [0.2, 0.25) is 5.02 Å². The van der Waals surface area contributed by atoms with Gasteiger partial charge in [-0.25, -0.2) is 14.6 Å². The first-order valence-electron chi connectivity index (χ1n) is 13.8. The predicted octanol–water partition coefficient (Wildman–Crippen LogP) is 7.03. The van der Waals surface area contributed by atoms with Crippen molar-refractivity contribution in [2.75, 3.05) is 6.54 Å². The van der Waals surface area contributed by atoms with E-state index >= 15 is 0 Å². The molecule has 2 aliphatic heterocycles. The Balaban J connectivity index is 1.30. The standard InChI is InChI=1S/C33H28ClN3O5S/c1-20-36-27-9-11-33(40-14-15-41-33)17-25(27)28(18-38)37(20)13-5-6-21-7-8-22(34)16-24(21)23-10-12-35-29-26(19-43-30(23)29)31(39)42-32(2,3)4/h7-8,10,12,14-16,19H,9,11,13,17H2,1-4H3. The second-order valence-corrected chi connectivity index (χ2v) is 12.7. The maximum Gasteiger partial charge on any atom is 0.341 e. The number of aliphatic imine (C=N–C) groups is 1. The highest BCUT2D eigenvalue weighted by molar-refractivity contribution is 7.18. The van der Waals surface area contributed by atoms with Crippen LogP contribution in [0.4, 0.5) is 0 Å². The summed E-state index contributed by atoms with van der Waals surface area (Å²) in [6.45, 7) is 7.57. The Morgan fingerprint density at radius 2 is 2.00 bits per heavy atom. The number of hydrogen-bond acceptors (Lipinski definition) is 9. The van der Waals surface area contributed by atoms with Crippen molar-refractivity contribution in [2.45, 2.75) is 58.3 Å². The SMILES string of the molecule is CC1=NC2=C(CC3(CC2)OC=CO3)C(=C=O)N1CC#Cc1ccc(Cl)cc1-c1ccnc2c(C(=O)OC(C)(C)C)csc12. The summed E-state index contributed by atoms with van der Waals surface area (Å²) in [5, 5.41) is 2.32. The molecule has 0 radical (unpaired) electrons. The number of fused-ring (bicyclic) bond motifs is 1. The first-order valence-corrected chi connectivity index (χ1v) is 15.0. The summed E-state index contributed by atoms with van der Waals surface area (Å²) in [5.74, 6) is 8.05. The summed E-state index contributed by atoms with van der Waals surface area (Å²) in [7, 11) is 0. The molecule has 2 aromatic heterocycles. The lowest BCUT2D eigenvalue weighted by Gasteiger charge is -2.37. The van der Waals surface area contributed by atoms with Gasteiger partial charge in [-0.2, -0.15) is 0 Å². The summed E-state index contributed by atoms with van der Waals surface area (Å²) >= 11 is 7.86. The van der Waals surface area contributed by atoms with E-state index in [2.05, 4.69) is 22.8 Å². The van der Waals surface area contributed by atoms with E-state index in [0.29, 0.717) is 46.9 Å². The molecular formula is C33H28ClN3O5S. The molecule has 0 fully saturated rings. The third-order valence-electron chi connectivity index (χ3n) is 7.30. The van der Waals surface area contributed by atoms with Crippen molar-refractivity contribution in [1.82, 2.24) is 9.88 Å². The molecule has 3 aliphatic rings. The van der Waals surface area contributed by atoms with E-state index in [9.17, 15) is 9.59 Å². The van der Waals surface area contributed by atoms with E-state index in [1.165, 1.54) is 23.9 Å². The molecule has 1 spiro atoms. The van der Waals surface area contributed by atoms with Crippen molar-refractivity contribution < 1.29 is 23.8 Å². The number of aromatic nitrogens is 1. The zero-order chi connectivity index (χ0) is 30.4. The smallest absolute Gasteiger partial charge is 0.341 e. The molecule has 1 aliphatic carbocycles. The molecule has 10 heteroatoms. The Morgan fingerprint density at radius 1 is 1.21 bits per heavy atom. The second-order valence-electron chi connectivity index (χ2n) is 11.4. The number of carbonyl (C=O) groups excluding carboxylic acids is 2. The van der Waals surface area contributed by atoms with Gasteiger partial charge >= 0.3 is 5.97 Å². The van der Waals surface area contributed by atoms with Crippen LogP contribution in [0.1, 0.15) is 62.9 Å². The first kappa shape index (κ1) is 28.8. The summed E-state index contributed by atoms with van der Waals surface area (Å²) < 4.78 is 17.9. The molecule has 43 heavy (non-hydrogen) atoms. The maximum absolute atomic E-state index is 12.9. The quantitative estimate of drug-likeness (QED) is 0.178. The number of pyridine rings is 1. The maximum atomic E-state index is 12.9.